The number of sulfonamides is 1. The first-order valence-electron chi connectivity index (χ1n) is 10.2. The van der Waals surface area contributed by atoms with E-state index in [1.807, 2.05) is 12.1 Å². The van der Waals surface area contributed by atoms with Gasteiger partial charge in [-0.25, -0.2) is 8.42 Å². The second-order valence-electron chi connectivity index (χ2n) is 7.61. The Morgan fingerprint density at radius 3 is 2.44 bits per heavy atom. The Balaban J connectivity index is 1.60. The third-order valence-electron chi connectivity index (χ3n) is 5.27. The van der Waals surface area contributed by atoms with E-state index in [0.717, 1.165) is 28.7 Å². The molecule has 32 heavy (non-hydrogen) atoms. The van der Waals surface area contributed by atoms with E-state index >= 15 is 0 Å². The molecule has 0 bridgehead atoms. The van der Waals surface area contributed by atoms with Crippen LogP contribution in [0.15, 0.2) is 65.6 Å². The molecule has 0 saturated heterocycles. The molecule has 0 radical (unpaired) electrons. The van der Waals surface area contributed by atoms with Crippen LogP contribution in [-0.4, -0.2) is 38.0 Å². The number of nitrogens with zero attached hydrogens (tertiary/aromatic N) is 1. The number of anilines is 2. The third kappa shape index (κ3) is 4.76. The van der Waals surface area contributed by atoms with Crippen LogP contribution in [0.4, 0.5) is 11.4 Å². The average molecular weight is 469 g/mol. The van der Waals surface area contributed by atoms with E-state index in [1.54, 1.807) is 22.7 Å². The van der Waals surface area contributed by atoms with Crippen LogP contribution in [0, 0.1) is 0 Å². The van der Waals surface area contributed by atoms with Gasteiger partial charge in [0.15, 0.2) is 0 Å². The van der Waals surface area contributed by atoms with Gasteiger partial charge in [-0.3, -0.25) is 9.52 Å². The van der Waals surface area contributed by atoms with Crippen LogP contribution < -0.4 is 9.62 Å². The summed E-state index contributed by atoms with van der Waals surface area (Å²) < 4.78 is 25.4. The van der Waals surface area contributed by atoms with E-state index < -0.39 is 10.0 Å². The molecule has 2 N–H and O–H groups in total. The van der Waals surface area contributed by atoms with Crippen molar-refractivity contribution in [3.63, 3.8) is 0 Å². The fourth-order valence-corrected chi connectivity index (χ4v) is 5.02. The number of aromatic hydroxyl groups is 1. The molecule has 3 aromatic rings. The lowest BCUT2D eigenvalue weighted by atomic mass is 9.94. The van der Waals surface area contributed by atoms with Gasteiger partial charge in [0.25, 0.3) is 5.91 Å². The summed E-state index contributed by atoms with van der Waals surface area (Å²) in [4.78, 5) is 16.0. The van der Waals surface area contributed by atoms with Gasteiger partial charge in [0.1, 0.15) is 5.75 Å². The Kier molecular flexibility index (Phi) is 6.17. The summed E-state index contributed by atoms with van der Waals surface area (Å²) in [7, 11) is -3.56. The first-order valence-corrected chi connectivity index (χ1v) is 13.1. The Morgan fingerprint density at radius 2 is 1.75 bits per heavy atom. The lowest BCUT2D eigenvalue weighted by Gasteiger charge is -2.29. The normalized spacial score (nSPS) is 13.7. The topological polar surface area (TPSA) is 86.7 Å². The largest absolute Gasteiger partial charge is 0.506 e. The van der Waals surface area contributed by atoms with Crippen molar-refractivity contribution in [2.45, 2.75) is 18.2 Å². The summed E-state index contributed by atoms with van der Waals surface area (Å²) in [5.41, 5.74) is 4.37. The van der Waals surface area contributed by atoms with Gasteiger partial charge in [-0.05, 0) is 65.3 Å². The molecule has 6 nitrogen and oxygen atoms in total. The van der Waals surface area contributed by atoms with Crippen molar-refractivity contribution in [1.29, 1.82) is 0 Å². The van der Waals surface area contributed by atoms with Crippen LogP contribution >= 0.6 is 11.8 Å². The molecule has 0 unspecified atom stereocenters. The standard InChI is InChI=1S/C24H24N2O4S2/c1-3-31-20-8-4-16(5-9-20)17-6-10-21-18(14-17)12-13-26(24(21)28)19-7-11-23(27)22(15-19)25-32(2,29)30/h4-11,14-15,25,27H,3,12-13H2,1-2H3. The van der Waals surface area contributed by atoms with E-state index in [-0.39, 0.29) is 17.3 Å². The highest BCUT2D eigenvalue weighted by molar-refractivity contribution is 7.99. The molecule has 166 valence electrons. The average Bonchev–Trinajstić information content (AvgIpc) is 2.75. The number of benzene rings is 3. The summed E-state index contributed by atoms with van der Waals surface area (Å²) in [6, 6.07) is 18.8. The number of rotatable bonds is 6. The highest BCUT2D eigenvalue weighted by Gasteiger charge is 2.26. The summed E-state index contributed by atoms with van der Waals surface area (Å²) in [5.74, 6) is 0.685. The minimum Gasteiger partial charge on any atom is -0.506 e. The molecule has 3 aromatic carbocycles. The third-order valence-corrected chi connectivity index (χ3v) is 6.76. The maximum Gasteiger partial charge on any atom is 0.258 e. The van der Waals surface area contributed by atoms with Gasteiger partial charge < -0.3 is 10.0 Å². The van der Waals surface area contributed by atoms with Crippen molar-refractivity contribution < 1.29 is 18.3 Å². The molecule has 8 heteroatoms. The van der Waals surface area contributed by atoms with Gasteiger partial charge in [-0.2, -0.15) is 0 Å². The molecule has 1 aliphatic rings. The zero-order valence-electron chi connectivity index (χ0n) is 17.8. The van der Waals surface area contributed by atoms with Crippen molar-refractivity contribution >= 4 is 39.1 Å². The predicted octanol–water partition coefficient (Wildman–Crippen LogP) is 4.75. The highest BCUT2D eigenvalue weighted by atomic mass is 32.2. The van der Waals surface area contributed by atoms with Crippen LogP contribution in [0.3, 0.4) is 0 Å². The van der Waals surface area contributed by atoms with Gasteiger partial charge in [-0.15, -0.1) is 11.8 Å². The number of carbonyl (C=O) groups is 1. The first-order chi connectivity index (χ1) is 15.2. The summed E-state index contributed by atoms with van der Waals surface area (Å²) in [6.45, 7) is 2.59. The number of amides is 1. The summed E-state index contributed by atoms with van der Waals surface area (Å²) in [5, 5.41) is 9.97. The summed E-state index contributed by atoms with van der Waals surface area (Å²) in [6.07, 6.45) is 1.68. The number of fused-ring (bicyclic) bond motifs is 1. The van der Waals surface area contributed by atoms with Crippen molar-refractivity contribution in [2.24, 2.45) is 0 Å². The fourth-order valence-electron chi connectivity index (χ4n) is 3.80. The van der Waals surface area contributed by atoms with E-state index in [4.69, 9.17) is 0 Å². The molecule has 0 atom stereocenters. The second kappa shape index (κ2) is 8.88. The lowest BCUT2D eigenvalue weighted by Crippen LogP contribution is -2.37. The van der Waals surface area contributed by atoms with E-state index in [1.165, 1.54) is 17.0 Å². The minimum atomic E-state index is -3.56. The maximum absolute atomic E-state index is 13.2. The van der Waals surface area contributed by atoms with Crippen LogP contribution in [0.2, 0.25) is 0 Å². The molecular weight excluding hydrogens is 444 g/mol. The van der Waals surface area contributed by atoms with Crippen LogP contribution in [0.25, 0.3) is 11.1 Å². The molecule has 1 amide bonds. The zero-order chi connectivity index (χ0) is 22.9. The predicted molar refractivity (Wildman–Crippen MR) is 130 cm³/mol. The van der Waals surface area contributed by atoms with Crippen LogP contribution in [-0.2, 0) is 16.4 Å². The van der Waals surface area contributed by atoms with Crippen molar-refractivity contribution in [3.05, 3.63) is 71.8 Å². The second-order valence-corrected chi connectivity index (χ2v) is 10.7. The molecule has 1 aliphatic heterocycles. The van der Waals surface area contributed by atoms with Crippen molar-refractivity contribution in [1.82, 2.24) is 0 Å². The molecule has 0 saturated carbocycles. The Bertz CT molecular complexity index is 1270. The molecule has 1 heterocycles. The number of nitrogens with one attached hydrogen (secondary N) is 1. The number of hydrogen-bond acceptors (Lipinski definition) is 5. The smallest absolute Gasteiger partial charge is 0.258 e. The molecule has 4 rings (SSSR count). The molecule has 0 aliphatic carbocycles. The maximum atomic E-state index is 13.2. The van der Waals surface area contributed by atoms with Crippen LogP contribution in [0.5, 0.6) is 5.75 Å². The van der Waals surface area contributed by atoms with Gasteiger partial charge in [-0.1, -0.05) is 31.2 Å². The molecule has 0 spiro atoms. The SMILES string of the molecule is CCSc1ccc(-c2ccc3c(c2)CCN(c2ccc(O)c(NS(C)(=O)=O)c2)C3=O)cc1. The van der Waals surface area contributed by atoms with Gasteiger partial charge in [0, 0.05) is 22.7 Å². The monoisotopic (exact) mass is 468 g/mol. The van der Waals surface area contributed by atoms with Gasteiger partial charge in [0.05, 0.1) is 11.9 Å². The van der Waals surface area contributed by atoms with Gasteiger partial charge >= 0.3 is 0 Å². The van der Waals surface area contributed by atoms with E-state index in [0.29, 0.717) is 24.2 Å². The molecule has 0 aromatic heterocycles. The van der Waals surface area contributed by atoms with Crippen molar-refractivity contribution in [2.75, 3.05) is 28.2 Å². The Morgan fingerprint density at radius 1 is 1.03 bits per heavy atom. The van der Waals surface area contributed by atoms with Gasteiger partial charge in [0.2, 0.25) is 10.0 Å². The number of carbonyl (C=O) groups excluding carboxylic acids is 1. The molecule has 0 fully saturated rings. The number of phenols is 1. The van der Waals surface area contributed by atoms with E-state index in [9.17, 15) is 18.3 Å². The Hall–Kier alpha value is -2.97. The first kappa shape index (κ1) is 22.2. The van der Waals surface area contributed by atoms with Crippen LogP contribution in [0.1, 0.15) is 22.8 Å². The lowest BCUT2D eigenvalue weighted by molar-refractivity contribution is 0.0980. The zero-order valence-corrected chi connectivity index (χ0v) is 19.5. The van der Waals surface area contributed by atoms with Crippen molar-refractivity contribution in [3.8, 4) is 16.9 Å². The number of thioether (sulfide) groups is 1. The van der Waals surface area contributed by atoms with E-state index in [2.05, 4.69) is 42.0 Å². The number of phenolic OH excluding ortho intramolecular Hbond substituents is 1. The fraction of sp³-hybridized carbons (Fsp3) is 0.208. The quantitative estimate of drug-likeness (QED) is 0.403. The number of hydrogen-bond donors (Lipinski definition) is 2. The highest BCUT2D eigenvalue weighted by Crippen LogP contribution is 2.33. The Labute approximate surface area is 192 Å². The minimum absolute atomic E-state index is 0.0450. The summed E-state index contributed by atoms with van der Waals surface area (Å²) >= 11 is 1.80. The molecular formula is C24H24N2O4S2.